The van der Waals surface area contributed by atoms with E-state index in [4.69, 9.17) is 4.74 Å². The Labute approximate surface area is 149 Å². The zero-order chi connectivity index (χ0) is 18.0. The molecule has 1 saturated heterocycles. The average molecular weight is 344 g/mol. The molecule has 1 N–H and O–H groups in total. The molecule has 2 aromatic rings. The molecule has 0 aliphatic carbocycles. The van der Waals surface area contributed by atoms with Crippen LogP contribution in [-0.2, 0) is 11.8 Å². The van der Waals surface area contributed by atoms with Crippen molar-refractivity contribution in [3.05, 3.63) is 29.6 Å². The maximum Gasteiger partial charge on any atom is 0.251 e. The Hall–Kier alpha value is -1.92. The van der Waals surface area contributed by atoms with Gasteiger partial charge in [-0.1, -0.05) is 13.8 Å². The molecule has 1 unspecified atom stereocenters. The number of ether oxygens (including phenoxy) is 1. The lowest BCUT2D eigenvalue weighted by Crippen LogP contribution is -2.48. The van der Waals surface area contributed by atoms with E-state index in [1.54, 1.807) is 0 Å². The Morgan fingerprint density at radius 3 is 3.00 bits per heavy atom. The number of hydrogen-bond acceptors (Lipinski definition) is 4. The molecule has 1 aromatic carbocycles. The molecule has 1 atom stereocenters. The van der Waals surface area contributed by atoms with Gasteiger partial charge in [-0.25, -0.2) is 4.98 Å². The third-order valence-corrected chi connectivity index (χ3v) is 4.70. The van der Waals surface area contributed by atoms with Gasteiger partial charge in [0.05, 0.1) is 23.7 Å². The third kappa shape index (κ3) is 4.19. The molecule has 0 radical (unpaired) electrons. The van der Waals surface area contributed by atoms with E-state index in [1.807, 2.05) is 36.7 Å². The number of fused-ring (bicyclic) bond motifs is 1. The van der Waals surface area contributed by atoms with Crippen molar-refractivity contribution in [1.29, 1.82) is 0 Å². The van der Waals surface area contributed by atoms with Gasteiger partial charge in [0, 0.05) is 38.8 Å². The van der Waals surface area contributed by atoms with Gasteiger partial charge in [-0.3, -0.25) is 9.69 Å². The van der Waals surface area contributed by atoms with Gasteiger partial charge < -0.3 is 14.6 Å². The van der Waals surface area contributed by atoms with Crippen molar-refractivity contribution in [2.75, 3.05) is 32.8 Å². The highest BCUT2D eigenvalue weighted by atomic mass is 16.5. The van der Waals surface area contributed by atoms with E-state index in [2.05, 4.69) is 29.0 Å². The topological polar surface area (TPSA) is 59.4 Å². The second kappa shape index (κ2) is 7.54. The number of amides is 1. The average Bonchev–Trinajstić information content (AvgIpc) is 2.86. The second-order valence-electron chi connectivity index (χ2n) is 7.28. The van der Waals surface area contributed by atoms with Gasteiger partial charge in [0.15, 0.2) is 0 Å². The number of carbonyl (C=O) groups is 1. The van der Waals surface area contributed by atoms with E-state index < -0.39 is 0 Å². The number of rotatable bonds is 5. The number of nitrogens with zero attached hydrogens (tertiary/aromatic N) is 3. The van der Waals surface area contributed by atoms with Crippen LogP contribution in [-0.4, -0.2) is 59.2 Å². The molecule has 1 aromatic heterocycles. The fourth-order valence-corrected chi connectivity index (χ4v) is 3.36. The maximum absolute atomic E-state index is 12.5. The predicted octanol–water partition coefficient (Wildman–Crippen LogP) is 1.97. The van der Waals surface area contributed by atoms with Crippen molar-refractivity contribution in [3.8, 4) is 0 Å². The van der Waals surface area contributed by atoms with Crippen LogP contribution in [0, 0.1) is 12.8 Å². The summed E-state index contributed by atoms with van der Waals surface area (Å²) in [5, 5.41) is 3.00. The van der Waals surface area contributed by atoms with E-state index >= 15 is 0 Å². The molecule has 6 nitrogen and oxygen atoms in total. The SMILES string of the molecule is Cc1nc2cc(C(=O)NCC3CN(CC(C)C)CCO3)ccc2n1C. The molecule has 0 spiro atoms. The molecule has 2 heterocycles. The van der Waals surface area contributed by atoms with Gasteiger partial charge in [0.1, 0.15) is 5.82 Å². The van der Waals surface area contributed by atoms with Crippen molar-refractivity contribution < 1.29 is 9.53 Å². The molecule has 25 heavy (non-hydrogen) atoms. The summed E-state index contributed by atoms with van der Waals surface area (Å²) in [6.07, 6.45) is 0.0530. The Bertz CT molecular complexity index is 753. The van der Waals surface area contributed by atoms with Crippen LogP contribution >= 0.6 is 0 Å². The molecule has 3 rings (SSSR count). The molecule has 1 amide bonds. The normalized spacial score (nSPS) is 18.8. The number of aromatic nitrogens is 2. The molecule has 0 bridgehead atoms. The minimum atomic E-state index is -0.0743. The molecule has 1 fully saturated rings. The van der Waals surface area contributed by atoms with E-state index in [0.29, 0.717) is 18.0 Å². The van der Waals surface area contributed by atoms with Gasteiger partial charge in [0.25, 0.3) is 5.91 Å². The molecular formula is C19H28N4O2. The van der Waals surface area contributed by atoms with Crippen LogP contribution < -0.4 is 5.32 Å². The first-order valence-corrected chi connectivity index (χ1v) is 8.99. The summed E-state index contributed by atoms with van der Waals surface area (Å²) in [4.78, 5) is 19.4. The molecule has 6 heteroatoms. The summed E-state index contributed by atoms with van der Waals surface area (Å²) in [5.74, 6) is 1.50. The Morgan fingerprint density at radius 2 is 2.24 bits per heavy atom. The molecule has 0 saturated carbocycles. The number of imidazole rings is 1. The first-order chi connectivity index (χ1) is 11.9. The number of hydrogen-bond donors (Lipinski definition) is 1. The number of nitrogens with one attached hydrogen (secondary N) is 1. The van der Waals surface area contributed by atoms with Gasteiger partial charge in [-0.05, 0) is 31.0 Å². The Balaban J connectivity index is 1.59. The Morgan fingerprint density at radius 1 is 1.44 bits per heavy atom. The van der Waals surface area contributed by atoms with E-state index in [-0.39, 0.29) is 12.0 Å². The van der Waals surface area contributed by atoms with Crippen LogP contribution in [0.4, 0.5) is 0 Å². The lowest BCUT2D eigenvalue weighted by molar-refractivity contribution is -0.0295. The zero-order valence-corrected chi connectivity index (χ0v) is 15.6. The summed E-state index contributed by atoms with van der Waals surface area (Å²) in [5.41, 5.74) is 2.53. The van der Waals surface area contributed by atoms with Crippen LogP contribution in [0.2, 0.25) is 0 Å². The first kappa shape index (κ1) is 17.9. The molecular weight excluding hydrogens is 316 g/mol. The second-order valence-corrected chi connectivity index (χ2v) is 7.28. The highest BCUT2D eigenvalue weighted by molar-refractivity contribution is 5.97. The van der Waals surface area contributed by atoms with Gasteiger partial charge >= 0.3 is 0 Å². The summed E-state index contributed by atoms with van der Waals surface area (Å²) < 4.78 is 7.82. The lowest BCUT2D eigenvalue weighted by Gasteiger charge is -2.33. The summed E-state index contributed by atoms with van der Waals surface area (Å²) >= 11 is 0. The van der Waals surface area contributed by atoms with Gasteiger partial charge in [-0.2, -0.15) is 0 Å². The minimum Gasteiger partial charge on any atom is -0.374 e. The summed E-state index contributed by atoms with van der Waals surface area (Å²) in [6, 6.07) is 5.65. The van der Waals surface area contributed by atoms with Gasteiger partial charge in [0.2, 0.25) is 0 Å². The standard InChI is InChI=1S/C19H28N4O2/c1-13(2)11-23-7-8-25-16(12-23)10-20-19(24)15-5-6-18-17(9-15)21-14(3)22(18)4/h5-6,9,13,16H,7-8,10-12H2,1-4H3,(H,20,24). The van der Waals surface area contributed by atoms with Crippen molar-refractivity contribution in [1.82, 2.24) is 19.8 Å². The van der Waals surface area contributed by atoms with Crippen molar-refractivity contribution in [2.24, 2.45) is 13.0 Å². The van der Waals surface area contributed by atoms with Crippen LogP contribution in [0.1, 0.15) is 30.0 Å². The fourth-order valence-electron chi connectivity index (χ4n) is 3.36. The predicted molar refractivity (Wildman–Crippen MR) is 98.8 cm³/mol. The van der Waals surface area contributed by atoms with Crippen molar-refractivity contribution in [2.45, 2.75) is 26.9 Å². The van der Waals surface area contributed by atoms with Crippen LogP contribution in [0.15, 0.2) is 18.2 Å². The number of carbonyl (C=O) groups excluding carboxylic acids is 1. The summed E-state index contributed by atoms with van der Waals surface area (Å²) in [6.45, 7) is 10.6. The van der Waals surface area contributed by atoms with Crippen LogP contribution in [0.5, 0.6) is 0 Å². The maximum atomic E-state index is 12.5. The largest absolute Gasteiger partial charge is 0.374 e. The fraction of sp³-hybridized carbons (Fsp3) is 0.579. The smallest absolute Gasteiger partial charge is 0.251 e. The number of aryl methyl sites for hydroxylation is 2. The quantitative estimate of drug-likeness (QED) is 0.901. The highest BCUT2D eigenvalue weighted by Crippen LogP contribution is 2.16. The van der Waals surface area contributed by atoms with Gasteiger partial charge in [-0.15, -0.1) is 0 Å². The van der Waals surface area contributed by atoms with Crippen LogP contribution in [0.3, 0.4) is 0 Å². The summed E-state index contributed by atoms with van der Waals surface area (Å²) in [7, 11) is 1.98. The van der Waals surface area contributed by atoms with Crippen LogP contribution in [0.25, 0.3) is 11.0 Å². The minimum absolute atomic E-state index is 0.0530. The molecule has 1 aliphatic heterocycles. The first-order valence-electron chi connectivity index (χ1n) is 8.99. The van der Waals surface area contributed by atoms with E-state index in [9.17, 15) is 4.79 Å². The zero-order valence-electron chi connectivity index (χ0n) is 15.6. The van der Waals surface area contributed by atoms with E-state index in [1.165, 1.54) is 0 Å². The molecule has 1 aliphatic rings. The lowest BCUT2D eigenvalue weighted by atomic mass is 10.1. The Kier molecular flexibility index (Phi) is 5.39. The van der Waals surface area contributed by atoms with Crippen molar-refractivity contribution in [3.63, 3.8) is 0 Å². The number of morpholine rings is 1. The van der Waals surface area contributed by atoms with Crippen molar-refractivity contribution >= 4 is 16.9 Å². The molecule has 136 valence electrons. The highest BCUT2D eigenvalue weighted by Gasteiger charge is 2.21. The third-order valence-electron chi connectivity index (χ3n) is 4.70. The number of benzene rings is 1. The van der Waals surface area contributed by atoms with E-state index in [0.717, 1.165) is 43.1 Å². The monoisotopic (exact) mass is 344 g/mol.